The van der Waals surface area contributed by atoms with Gasteiger partial charge in [0.25, 0.3) is 0 Å². The van der Waals surface area contributed by atoms with Crippen molar-refractivity contribution >= 4 is 27.6 Å². The first-order valence-electron chi connectivity index (χ1n) is 9.27. The van der Waals surface area contributed by atoms with Crippen molar-refractivity contribution in [3.05, 3.63) is 78.1 Å². The summed E-state index contributed by atoms with van der Waals surface area (Å²) >= 11 is 0. The van der Waals surface area contributed by atoms with Gasteiger partial charge in [0.2, 0.25) is 5.78 Å². The van der Waals surface area contributed by atoms with E-state index in [1.165, 1.54) is 0 Å². The molecule has 4 rings (SSSR count). The Hall–Kier alpha value is -2.94. The number of benzene rings is 3. The largest absolute Gasteiger partial charge is 0.321 e. The summed E-state index contributed by atoms with van der Waals surface area (Å²) in [6, 6.07) is 21.9. The third-order valence-corrected chi connectivity index (χ3v) is 4.88. The van der Waals surface area contributed by atoms with E-state index < -0.39 is 0 Å². The topological polar surface area (TPSA) is 34.9 Å². The number of ketones is 1. The Morgan fingerprint density at radius 3 is 2.58 bits per heavy atom. The van der Waals surface area contributed by atoms with Crippen LogP contribution >= 0.6 is 0 Å². The van der Waals surface area contributed by atoms with Crippen molar-refractivity contribution in [2.45, 2.75) is 32.7 Å². The first-order chi connectivity index (χ1) is 12.8. The molecule has 3 heteroatoms. The van der Waals surface area contributed by atoms with Gasteiger partial charge < -0.3 is 4.57 Å². The molecule has 0 radical (unpaired) electrons. The Labute approximate surface area is 153 Å². The maximum Gasteiger partial charge on any atom is 0.229 e. The van der Waals surface area contributed by atoms with Crippen molar-refractivity contribution in [3.8, 4) is 0 Å². The molecule has 0 spiro atoms. The molecule has 1 heterocycles. The van der Waals surface area contributed by atoms with E-state index in [0.29, 0.717) is 5.82 Å². The van der Waals surface area contributed by atoms with Crippen LogP contribution in [0, 0.1) is 0 Å². The average molecular weight is 342 g/mol. The van der Waals surface area contributed by atoms with Gasteiger partial charge >= 0.3 is 0 Å². The predicted molar refractivity (Wildman–Crippen MR) is 107 cm³/mol. The molecule has 130 valence electrons. The van der Waals surface area contributed by atoms with Crippen molar-refractivity contribution in [3.63, 3.8) is 0 Å². The molecule has 0 saturated heterocycles. The molecule has 0 fully saturated rings. The third-order valence-electron chi connectivity index (χ3n) is 4.88. The first-order valence-corrected chi connectivity index (χ1v) is 9.27. The Morgan fingerprint density at radius 1 is 0.923 bits per heavy atom. The van der Waals surface area contributed by atoms with Crippen LogP contribution in [-0.4, -0.2) is 15.3 Å². The molecule has 1 aromatic heterocycles. The number of para-hydroxylation sites is 2. The smallest absolute Gasteiger partial charge is 0.229 e. The van der Waals surface area contributed by atoms with Gasteiger partial charge in [-0.15, -0.1) is 0 Å². The molecule has 0 unspecified atom stereocenters. The summed E-state index contributed by atoms with van der Waals surface area (Å²) in [5.74, 6) is 0.535. The van der Waals surface area contributed by atoms with E-state index in [2.05, 4.69) is 16.5 Å². The minimum Gasteiger partial charge on any atom is -0.321 e. The predicted octanol–water partition coefficient (Wildman–Crippen LogP) is 5.61. The second-order valence-electron chi connectivity index (χ2n) is 6.64. The summed E-state index contributed by atoms with van der Waals surface area (Å²) in [4.78, 5) is 18.1. The lowest BCUT2D eigenvalue weighted by atomic mass is 10.0. The summed E-state index contributed by atoms with van der Waals surface area (Å²) in [6.45, 7) is 3.01. The van der Waals surface area contributed by atoms with E-state index in [0.717, 1.165) is 53.2 Å². The number of aryl methyl sites for hydroxylation is 1. The van der Waals surface area contributed by atoms with Crippen LogP contribution in [0.15, 0.2) is 66.7 Å². The van der Waals surface area contributed by atoms with Crippen molar-refractivity contribution in [2.24, 2.45) is 0 Å². The molecule has 0 aliphatic heterocycles. The molecule has 0 amide bonds. The molecular formula is C23H22N2O. The number of unbranched alkanes of at least 4 members (excludes halogenated alkanes) is 2. The van der Waals surface area contributed by atoms with E-state index in [1.54, 1.807) is 0 Å². The van der Waals surface area contributed by atoms with Crippen LogP contribution in [0.25, 0.3) is 21.8 Å². The van der Waals surface area contributed by atoms with Crippen LogP contribution in [0.4, 0.5) is 0 Å². The molecule has 4 aromatic rings. The number of hydrogen-bond donors (Lipinski definition) is 0. The Morgan fingerprint density at radius 2 is 1.69 bits per heavy atom. The average Bonchev–Trinajstić information content (AvgIpc) is 3.06. The summed E-state index contributed by atoms with van der Waals surface area (Å²) in [6.07, 6.45) is 3.35. The fourth-order valence-electron chi connectivity index (χ4n) is 3.54. The maximum atomic E-state index is 13.4. The van der Waals surface area contributed by atoms with Crippen molar-refractivity contribution in [1.82, 2.24) is 9.55 Å². The fourth-order valence-corrected chi connectivity index (χ4v) is 3.54. The fraction of sp³-hybridized carbons (Fsp3) is 0.217. The van der Waals surface area contributed by atoms with Gasteiger partial charge in [-0.05, 0) is 29.3 Å². The number of aromatic nitrogens is 2. The summed E-state index contributed by atoms with van der Waals surface area (Å²) in [7, 11) is 0. The van der Waals surface area contributed by atoms with Crippen LogP contribution in [0.2, 0.25) is 0 Å². The van der Waals surface area contributed by atoms with Crippen LogP contribution in [0.3, 0.4) is 0 Å². The normalized spacial score (nSPS) is 11.3. The van der Waals surface area contributed by atoms with Gasteiger partial charge in [-0.2, -0.15) is 0 Å². The second-order valence-corrected chi connectivity index (χ2v) is 6.64. The molecule has 0 N–H and O–H groups in total. The Kier molecular flexibility index (Phi) is 4.53. The number of rotatable bonds is 6. The van der Waals surface area contributed by atoms with Crippen LogP contribution < -0.4 is 0 Å². The van der Waals surface area contributed by atoms with Crippen molar-refractivity contribution in [1.29, 1.82) is 0 Å². The molecule has 3 nitrogen and oxygen atoms in total. The first kappa shape index (κ1) is 16.5. The van der Waals surface area contributed by atoms with Gasteiger partial charge in [0.15, 0.2) is 5.82 Å². The van der Waals surface area contributed by atoms with Gasteiger partial charge in [0, 0.05) is 12.1 Å². The SMILES string of the molecule is CCCCCn1c(C(=O)c2cccc3ccccc23)nc2ccccc21. The molecule has 26 heavy (non-hydrogen) atoms. The zero-order valence-corrected chi connectivity index (χ0v) is 15.0. The lowest BCUT2D eigenvalue weighted by Crippen LogP contribution is -2.12. The van der Waals surface area contributed by atoms with Gasteiger partial charge in [-0.25, -0.2) is 4.98 Å². The zero-order chi connectivity index (χ0) is 17.9. The highest BCUT2D eigenvalue weighted by Gasteiger charge is 2.20. The molecular weight excluding hydrogens is 320 g/mol. The van der Waals surface area contributed by atoms with E-state index >= 15 is 0 Å². The van der Waals surface area contributed by atoms with Crippen LogP contribution in [-0.2, 0) is 6.54 Å². The van der Waals surface area contributed by atoms with Gasteiger partial charge in [-0.1, -0.05) is 74.4 Å². The lowest BCUT2D eigenvalue weighted by Gasteiger charge is -2.10. The van der Waals surface area contributed by atoms with E-state index in [4.69, 9.17) is 0 Å². The Balaban J connectivity index is 1.84. The molecule has 0 aliphatic carbocycles. The van der Waals surface area contributed by atoms with Crippen LogP contribution in [0.5, 0.6) is 0 Å². The molecule has 0 atom stereocenters. The monoisotopic (exact) mass is 342 g/mol. The minimum absolute atomic E-state index is 0.00509. The van der Waals surface area contributed by atoms with E-state index in [9.17, 15) is 4.79 Å². The summed E-state index contributed by atoms with van der Waals surface area (Å²) in [5.41, 5.74) is 2.63. The second kappa shape index (κ2) is 7.12. The lowest BCUT2D eigenvalue weighted by molar-refractivity contribution is 0.102. The van der Waals surface area contributed by atoms with E-state index in [-0.39, 0.29) is 5.78 Å². The third kappa shape index (κ3) is 2.90. The summed E-state index contributed by atoms with van der Waals surface area (Å²) in [5, 5.41) is 2.05. The summed E-state index contributed by atoms with van der Waals surface area (Å²) < 4.78 is 2.09. The highest BCUT2D eigenvalue weighted by Crippen LogP contribution is 2.24. The number of nitrogens with zero attached hydrogens (tertiary/aromatic N) is 2. The van der Waals surface area contributed by atoms with E-state index in [1.807, 2.05) is 66.7 Å². The van der Waals surface area contributed by atoms with Crippen molar-refractivity contribution in [2.75, 3.05) is 0 Å². The van der Waals surface area contributed by atoms with Crippen molar-refractivity contribution < 1.29 is 4.79 Å². The highest BCUT2D eigenvalue weighted by molar-refractivity contribution is 6.15. The molecule has 3 aromatic carbocycles. The quantitative estimate of drug-likeness (QED) is 0.337. The molecule has 0 saturated carbocycles. The van der Waals surface area contributed by atoms with Gasteiger partial charge in [0.05, 0.1) is 11.0 Å². The number of fused-ring (bicyclic) bond motifs is 2. The number of imidazole rings is 1. The van der Waals surface area contributed by atoms with Crippen LogP contribution in [0.1, 0.15) is 42.4 Å². The Bertz CT molecular complexity index is 1070. The zero-order valence-electron chi connectivity index (χ0n) is 15.0. The number of carbonyl (C=O) groups excluding carboxylic acids is 1. The van der Waals surface area contributed by atoms with Gasteiger partial charge in [0.1, 0.15) is 0 Å². The van der Waals surface area contributed by atoms with Gasteiger partial charge in [-0.3, -0.25) is 4.79 Å². The molecule has 0 bridgehead atoms. The number of hydrogen-bond acceptors (Lipinski definition) is 2. The molecule has 0 aliphatic rings. The highest BCUT2D eigenvalue weighted by atomic mass is 16.1. The maximum absolute atomic E-state index is 13.4. The minimum atomic E-state index is -0.00509. The standard InChI is InChI=1S/C23H22N2O/c1-2-3-8-16-25-21-15-7-6-14-20(21)24-23(25)22(26)19-13-9-11-17-10-4-5-12-18(17)19/h4-7,9-15H,2-3,8,16H2,1H3. The number of carbonyl (C=O) groups is 1.